The van der Waals surface area contributed by atoms with Gasteiger partial charge in [-0.3, -0.25) is 9.59 Å². The molecule has 1 atom stereocenters. The summed E-state index contributed by atoms with van der Waals surface area (Å²) in [6.07, 6.45) is 17.7. The van der Waals surface area contributed by atoms with Gasteiger partial charge in [0.25, 0.3) is 11.7 Å². The lowest BCUT2D eigenvalue weighted by Gasteiger charge is -2.26. The van der Waals surface area contributed by atoms with Gasteiger partial charge >= 0.3 is 0 Å². The van der Waals surface area contributed by atoms with Gasteiger partial charge in [-0.25, -0.2) is 0 Å². The highest BCUT2D eigenvalue weighted by Gasteiger charge is 2.45. The van der Waals surface area contributed by atoms with E-state index in [4.69, 9.17) is 11.6 Å². The molecule has 0 bridgehead atoms. The van der Waals surface area contributed by atoms with E-state index in [1.807, 2.05) is 43.3 Å². The topological polar surface area (TPSA) is 60.9 Å². The zero-order valence-corrected chi connectivity index (χ0v) is 26.1. The minimum Gasteiger partial charge on any atom is -0.507 e. The average molecular weight is 581 g/mol. The number of Topliss-reactive ketones (excluding diaryl/α,β-unsaturated/α-hetero) is 1. The van der Waals surface area contributed by atoms with E-state index in [0.29, 0.717) is 17.1 Å². The molecule has 5 nitrogen and oxygen atoms in total. The summed E-state index contributed by atoms with van der Waals surface area (Å²) in [6, 6.07) is 13.9. The number of aliphatic hydroxyl groups is 1. The van der Waals surface area contributed by atoms with E-state index < -0.39 is 17.7 Å². The van der Waals surface area contributed by atoms with Crippen molar-refractivity contribution in [2.75, 3.05) is 25.5 Å². The number of unbranched alkanes of at least 4 members (excludes halogenated alkanes) is 13. The second-order valence-electron chi connectivity index (χ2n) is 11.6. The second-order valence-corrected chi connectivity index (χ2v) is 12.0. The number of benzene rings is 2. The third kappa shape index (κ3) is 9.63. The number of ketones is 1. The molecular formula is C35H49ClN2O3. The summed E-state index contributed by atoms with van der Waals surface area (Å²) in [5.74, 6) is -1.34. The molecule has 1 fully saturated rings. The Labute approximate surface area is 252 Å². The highest BCUT2D eigenvalue weighted by atomic mass is 35.5. The molecular weight excluding hydrogens is 532 g/mol. The average Bonchev–Trinajstić information content (AvgIpc) is 3.22. The van der Waals surface area contributed by atoms with Crippen LogP contribution in [-0.4, -0.2) is 42.3 Å². The number of carbonyl (C=O) groups excluding carboxylic acids is 2. The highest BCUT2D eigenvalue weighted by Crippen LogP contribution is 2.40. The molecule has 0 radical (unpaired) electrons. The number of hydrogen-bond donors (Lipinski definition) is 1. The van der Waals surface area contributed by atoms with Crippen LogP contribution in [0.25, 0.3) is 5.76 Å². The van der Waals surface area contributed by atoms with Gasteiger partial charge in [0.05, 0.1) is 11.6 Å². The third-order valence-corrected chi connectivity index (χ3v) is 8.39. The van der Waals surface area contributed by atoms with Gasteiger partial charge in [-0.1, -0.05) is 114 Å². The van der Waals surface area contributed by atoms with E-state index in [-0.39, 0.29) is 11.3 Å². The minimum atomic E-state index is -0.635. The summed E-state index contributed by atoms with van der Waals surface area (Å²) in [5.41, 5.74) is 2.45. The Kier molecular flexibility index (Phi) is 13.8. The highest BCUT2D eigenvalue weighted by molar-refractivity contribution is 6.46. The maximum Gasteiger partial charge on any atom is 0.295 e. The van der Waals surface area contributed by atoms with Crippen LogP contribution in [-0.2, 0) is 9.59 Å². The summed E-state index contributed by atoms with van der Waals surface area (Å²) in [4.78, 5) is 30.1. The third-order valence-electron chi connectivity index (χ3n) is 8.14. The predicted molar refractivity (Wildman–Crippen MR) is 172 cm³/mol. The van der Waals surface area contributed by atoms with E-state index in [9.17, 15) is 14.7 Å². The molecule has 1 unspecified atom stereocenters. The lowest BCUT2D eigenvalue weighted by atomic mass is 9.95. The normalized spacial score (nSPS) is 16.5. The van der Waals surface area contributed by atoms with E-state index in [1.165, 1.54) is 70.6 Å². The van der Waals surface area contributed by atoms with Crippen LogP contribution < -0.4 is 4.90 Å². The molecule has 1 aliphatic rings. The van der Waals surface area contributed by atoms with Crippen molar-refractivity contribution < 1.29 is 14.7 Å². The Hall–Kier alpha value is -2.79. The monoisotopic (exact) mass is 580 g/mol. The fourth-order valence-corrected chi connectivity index (χ4v) is 5.78. The first-order valence-corrected chi connectivity index (χ1v) is 16.0. The van der Waals surface area contributed by atoms with Crippen molar-refractivity contribution in [1.29, 1.82) is 0 Å². The van der Waals surface area contributed by atoms with Crippen LogP contribution in [0.1, 0.15) is 114 Å². The van der Waals surface area contributed by atoms with Crippen molar-refractivity contribution in [1.82, 2.24) is 4.90 Å². The number of halogens is 1. The molecule has 3 rings (SSSR count). The molecule has 1 aliphatic heterocycles. The Morgan fingerprint density at radius 3 is 1.73 bits per heavy atom. The Balaban J connectivity index is 1.57. The molecule has 41 heavy (non-hydrogen) atoms. The van der Waals surface area contributed by atoms with Crippen LogP contribution >= 0.6 is 11.6 Å². The van der Waals surface area contributed by atoms with Crippen LogP contribution in [0.2, 0.25) is 5.02 Å². The quantitative estimate of drug-likeness (QED) is 0.0825. The maximum absolute atomic E-state index is 13.3. The molecule has 1 amide bonds. The molecule has 1 saturated heterocycles. The molecule has 0 saturated carbocycles. The van der Waals surface area contributed by atoms with Crippen LogP contribution in [0.5, 0.6) is 0 Å². The van der Waals surface area contributed by atoms with Crippen molar-refractivity contribution in [2.45, 2.75) is 103 Å². The molecule has 224 valence electrons. The van der Waals surface area contributed by atoms with Gasteiger partial charge in [0, 0.05) is 36.9 Å². The summed E-state index contributed by atoms with van der Waals surface area (Å²) in [5, 5.41) is 11.8. The summed E-state index contributed by atoms with van der Waals surface area (Å²) < 4.78 is 0. The van der Waals surface area contributed by atoms with Crippen LogP contribution in [0.3, 0.4) is 0 Å². The lowest BCUT2D eigenvalue weighted by Crippen LogP contribution is -2.30. The summed E-state index contributed by atoms with van der Waals surface area (Å²) >= 11 is 6.04. The molecule has 1 heterocycles. The van der Waals surface area contributed by atoms with E-state index in [0.717, 1.165) is 30.5 Å². The number of amides is 1. The zero-order chi connectivity index (χ0) is 29.6. The van der Waals surface area contributed by atoms with Gasteiger partial charge in [0.1, 0.15) is 5.76 Å². The Morgan fingerprint density at radius 1 is 0.756 bits per heavy atom. The van der Waals surface area contributed by atoms with Crippen molar-refractivity contribution in [2.24, 2.45) is 0 Å². The first-order chi connectivity index (χ1) is 19.8. The van der Waals surface area contributed by atoms with Crippen LogP contribution in [0.15, 0.2) is 54.1 Å². The first kappa shape index (κ1) is 32.7. The number of carbonyl (C=O) groups is 2. The van der Waals surface area contributed by atoms with Gasteiger partial charge in [0.2, 0.25) is 0 Å². The van der Waals surface area contributed by atoms with Gasteiger partial charge < -0.3 is 14.9 Å². The van der Waals surface area contributed by atoms with E-state index >= 15 is 0 Å². The number of anilines is 1. The van der Waals surface area contributed by atoms with Crippen molar-refractivity contribution >= 4 is 34.7 Å². The molecule has 6 heteroatoms. The smallest absolute Gasteiger partial charge is 0.295 e. The number of hydrogen-bond acceptors (Lipinski definition) is 4. The molecule has 1 N–H and O–H groups in total. The molecule has 2 aromatic carbocycles. The predicted octanol–water partition coefficient (Wildman–Crippen LogP) is 9.31. The van der Waals surface area contributed by atoms with Gasteiger partial charge in [-0.2, -0.15) is 0 Å². The van der Waals surface area contributed by atoms with Crippen molar-refractivity contribution in [3.05, 3.63) is 70.3 Å². The largest absolute Gasteiger partial charge is 0.507 e. The summed E-state index contributed by atoms with van der Waals surface area (Å²) in [6.45, 7) is 2.75. The fraction of sp³-hybridized carbons (Fsp3) is 0.543. The van der Waals surface area contributed by atoms with Crippen molar-refractivity contribution in [3.8, 4) is 0 Å². The second kappa shape index (κ2) is 17.2. The van der Waals surface area contributed by atoms with Gasteiger partial charge in [-0.05, 0) is 48.4 Å². The van der Waals surface area contributed by atoms with Gasteiger partial charge in [0.15, 0.2) is 0 Å². The van der Waals surface area contributed by atoms with E-state index in [1.54, 1.807) is 29.2 Å². The summed E-state index contributed by atoms with van der Waals surface area (Å²) in [7, 11) is 3.94. The molecule has 0 aromatic heterocycles. The zero-order valence-electron chi connectivity index (χ0n) is 25.3. The molecule has 0 aliphatic carbocycles. The Morgan fingerprint density at radius 2 is 1.24 bits per heavy atom. The number of likely N-dealkylation sites (tertiary alicyclic amines) is 1. The van der Waals surface area contributed by atoms with Crippen LogP contribution in [0.4, 0.5) is 5.69 Å². The SMILES string of the molecule is CCCCCCCCCCCCCCCCN1C(=O)C(=O)/C(=C(/O)c2ccc(Cl)cc2)C1c1ccc(N(C)C)cc1. The molecule has 2 aromatic rings. The van der Waals surface area contributed by atoms with Crippen LogP contribution in [0, 0.1) is 0 Å². The van der Waals surface area contributed by atoms with Gasteiger partial charge in [-0.15, -0.1) is 0 Å². The number of rotatable bonds is 18. The number of aliphatic hydroxyl groups excluding tert-OH is 1. The lowest BCUT2D eigenvalue weighted by molar-refractivity contribution is -0.139. The fourth-order valence-electron chi connectivity index (χ4n) is 5.65. The first-order valence-electron chi connectivity index (χ1n) is 15.7. The minimum absolute atomic E-state index is 0.139. The standard InChI is InChI=1S/C35H49ClN2O3/c1-4-5-6-7-8-9-10-11-12-13-14-15-16-17-26-38-32(27-20-24-30(25-21-27)37(2)3)31(34(40)35(38)41)33(39)28-18-22-29(36)23-19-28/h18-25,32,39H,4-17,26H2,1-3H3/b33-31+. The molecule has 0 spiro atoms. The van der Waals surface area contributed by atoms with E-state index in [2.05, 4.69) is 6.92 Å². The maximum atomic E-state index is 13.3. The van der Waals surface area contributed by atoms with Crippen molar-refractivity contribution in [3.63, 3.8) is 0 Å². The Bertz CT molecular complexity index is 1130. The number of nitrogens with zero attached hydrogens (tertiary/aromatic N) is 2.